The van der Waals surface area contributed by atoms with Crippen LogP contribution in [0.25, 0.3) is 0 Å². The Morgan fingerprint density at radius 2 is 1.10 bits per heavy atom. The van der Waals surface area contributed by atoms with Gasteiger partial charge in [0.2, 0.25) is 0 Å². The van der Waals surface area contributed by atoms with Crippen LogP contribution in [0.1, 0.15) is 61.0 Å². The van der Waals surface area contributed by atoms with E-state index in [0.717, 1.165) is 11.3 Å². The number of benzene rings is 1. The number of anilines is 2. The smallest absolute Gasteiger partial charge is 0.321 e. The second-order valence-corrected chi connectivity index (χ2v) is 10.3. The Labute approximate surface area is 189 Å². The van der Waals surface area contributed by atoms with Crippen molar-refractivity contribution < 1.29 is 9.59 Å². The molecule has 1 rings (SSSR count). The summed E-state index contributed by atoms with van der Waals surface area (Å²) >= 11 is 0. The molecule has 4 amide bonds. The molecule has 0 saturated heterocycles. The number of hydrogen-bond acceptors (Lipinski definition) is 2. The van der Waals surface area contributed by atoms with Crippen molar-refractivity contribution in [3.8, 4) is 0 Å². The number of nitrogens with zero attached hydrogens (tertiary/aromatic N) is 2. The molecule has 0 aliphatic carbocycles. The number of carbonyl (C=O) groups excluding carboxylic acids is 2. The van der Waals surface area contributed by atoms with E-state index in [9.17, 15) is 9.59 Å². The van der Waals surface area contributed by atoms with Crippen molar-refractivity contribution in [1.29, 1.82) is 0 Å². The topological polar surface area (TPSA) is 64.7 Å². The molecule has 2 N–H and O–H groups in total. The molecule has 31 heavy (non-hydrogen) atoms. The third-order valence-electron chi connectivity index (χ3n) is 4.65. The lowest BCUT2D eigenvalue weighted by Crippen LogP contribution is -2.40. The van der Waals surface area contributed by atoms with Crippen molar-refractivity contribution in [3.05, 3.63) is 23.8 Å². The van der Waals surface area contributed by atoms with Crippen molar-refractivity contribution in [1.82, 2.24) is 9.80 Å². The molecule has 0 aliphatic rings. The number of amides is 4. The first-order valence-electron chi connectivity index (χ1n) is 11.6. The van der Waals surface area contributed by atoms with Crippen molar-refractivity contribution in [2.45, 2.75) is 62.3 Å². The average molecular weight is 433 g/mol. The Morgan fingerprint density at radius 3 is 1.48 bits per heavy atom. The summed E-state index contributed by atoms with van der Waals surface area (Å²) < 4.78 is 0. The SMILES string of the molecule is Cc1ccc(NC(=O)N(CC(C)C)CC(C)C)cc1NC(=O)N(CC(C)C)CC(C)C. The van der Waals surface area contributed by atoms with Crippen LogP contribution >= 0.6 is 0 Å². The number of urea groups is 2. The largest absolute Gasteiger partial charge is 0.324 e. The van der Waals surface area contributed by atoms with Crippen LogP contribution in [0, 0.1) is 30.6 Å². The second-order valence-electron chi connectivity index (χ2n) is 10.3. The van der Waals surface area contributed by atoms with Crippen LogP contribution in [0.15, 0.2) is 18.2 Å². The van der Waals surface area contributed by atoms with Gasteiger partial charge >= 0.3 is 12.1 Å². The van der Waals surface area contributed by atoms with Gasteiger partial charge in [0.25, 0.3) is 0 Å². The average Bonchev–Trinajstić information content (AvgIpc) is 2.61. The molecule has 0 bridgehead atoms. The predicted molar refractivity (Wildman–Crippen MR) is 132 cm³/mol. The van der Waals surface area contributed by atoms with Gasteiger partial charge in [-0.25, -0.2) is 9.59 Å². The van der Waals surface area contributed by atoms with E-state index in [1.807, 2.05) is 34.9 Å². The number of aryl methyl sites for hydroxylation is 1. The molecule has 0 saturated carbocycles. The minimum Gasteiger partial charge on any atom is -0.324 e. The van der Waals surface area contributed by atoms with Gasteiger partial charge in [0.05, 0.1) is 0 Å². The summed E-state index contributed by atoms with van der Waals surface area (Å²) in [5.74, 6) is 1.57. The third-order valence-corrected chi connectivity index (χ3v) is 4.65. The Bertz CT molecular complexity index is 693. The zero-order valence-corrected chi connectivity index (χ0v) is 21.1. The molecule has 1 aromatic rings. The molecule has 0 fully saturated rings. The Hall–Kier alpha value is -2.24. The zero-order valence-electron chi connectivity index (χ0n) is 21.1. The second kappa shape index (κ2) is 12.6. The Morgan fingerprint density at radius 1 is 0.710 bits per heavy atom. The Kier molecular flexibility index (Phi) is 10.9. The highest BCUT2D eigenvalue weighted by molar-refractivity contribution is 5.93. The highest BCUT2D eigenvalue weighted by Gasteiger charge is 2.19. The number of nitrogens with one attached hydrogen (secondary N) is 2. The summed E-state index contributed by atoms with van der Waals surface area (Å²) in [7, 11) is 0. The number of hydrogen-bond donors (Lipinski definition) is 2. The first kappa shape index (κ1) is 26.8. The maximum absolute atomic E-state index is 12.9. The summed E-state index contributed by atoms with van der Waals surface area (Å²) in [6, 6.07) is 5.44. The molecule has 0 heterocycles. The fraction of sp³-hybridized carbons (Fsp3) is 0.680. The van der Waals surface area contributed by atoms with Gasteiger partial charge in [-0.15, -0.1) is 0 Å². The lowest BCUT2D eigenvalue weighted by molar-refractivity contribution is 0.196. The van der Waals surface area contributed by atoms with Gasteiger partial charge in [-0.1, -0.05) is 61.5 Å². The van der Waals surface area contributed by atoms with E-state index in [2.05, 4.69) is 66.0 Å². The summed E-state index contributed by atoms with van der Waals surface area (Å²) in [6.45, 7) is 21.7. The van der Waals surface area contributed by atoms with Crippen molar-refractivity contribution in [2.24, 2.45) is 23.7 Å². The molecular formula is C25H44N4O2. The minimum atomic E-state index is -0.107. The van der Waals surface area contributed by atoms with E-state index in [0.29, 0.717) is 55.5 Å². The van der Waals surface area contributed by atoms with Gasteiger partial charge in [0.15, 0.2) is 0 Å². The van der Waals surface area contributed by atoms with Crippen molar-refractivity contribution >= 4 is 23.4 Å². The third kappa shape index (κ3) is 10.1. The van der Waals surface area contributed by atoms with E-state index < -0.39 is 0 Å². The molecule has 0 aliphatic heterocycles. The lowest BCUT2D eigenvalue weighted by atomic mass is 10.1. The van der Waals surface area contributed by atoms with Crippen LogP contribution in [-0.2, 0) is 0 Å². The molecule has 1 aromatic carbocycles. The lowest BCUT2D eigenvalue weighted by Gasteiger charge is -2.28. The Balaban J connectivity index is 2.96. The van der Waals surface area contributed by atoms with Crippen LogP contribution < -0.4 is 10.6 Å². The summed E-state index contributed by atoms with van der Waals surface area (Å²) in [5, 5.41) is 6.06. The van der Waals surface area contributed by atoms with E-state index in [4.69, 9.17) is 0 Å². The highest BCUT2D eigenvalue weighted by Crippen LogP contribution is 2.22. The van der Waals surface area contributed by atoms with Crippen LogP contribution in [-0.4, -0.2) is 48.0 Å². The van der Waals surface area contributed by atoms with Gasteiger partial charge in [-0.05, 0) is 48.3 Å². The number of carbonyl (C=O) groups is 2. The maximum atomic E-state index is 12.9. The van der Waals surface area contributed by atoms with Gasteiger partial charge < -0.3 is 20.4 Å². The van der Waals surface area contributed by atoms with E-state index in [1.54, 1.807) is 0 Å². The van der Waals surface area contributed by atoms with E-state index in [-0.39, 0.29) is 12.1 Å². The minimum absolute atomic E-state index is 0.102. The molecular weight excluding hydrogens is 388 g/mol. The molecule has 0 aromatic heterocycles. The van der Waals surface area contributed by atoms with Crippen LogP contribution in [0.2, 0.25) is 0 Å². The molecule has 0 unspecified atom stereocenters. The molecule has 0 spiro atoms. The summed E-state index contributed by atoms with van der Waals surface area (Å²) in [6.07, 6.45) is 0. The summed E-state index contributed by atoms with van der Waals surface area (Å²) in [4.78, 5) is 29.5. The first-order valence-corrected chi connectivity index (χ1v) is 11.6. The van der Waals surface area contributed by atoms with Crippen LogP contribution in [0.4, 0.5) is 21.0 Å². The van der Waals surface area contributed by atoms with Crippen LogP contribution in [0.5, 0.6) is 0 Å². The van der Waals surface area contributed by atoms with Gasteiger partial charge in [0.1, 0.15) is 0 Å². The van der Waals surface area contributed by atoms with Crippen LogP contribution in [0.3, 0.4) is 0 Å². The summed E-state index contributed by atoms with van der Waals surface area (Å²) in [5.41, 5.74) is 2.36. The normalized spacial score (nSPS) is 11.4. The standard InChI is InChI=1S/C25H44N4O2/c1-17(2)13-28(14-18(3)4)24(30)26-22-11-10-21(9)23(12-22)27-25(31)29(15-19(5)6)16-20(7)8/h10-12,17-20H,13-16H2,1-9H3,(H,26,30)(H,27,31). The van der Waals surface area contributed by atoms with Gasteiger partial charge in [-0.2, -0.15) is 0 Å². The number of rotatable bonds is 10. The fourth-order valence-corrected chi connectivity index (χ4v) is 3.48. The molecule has 0 radical (unpaired) electrons. The quantitative estimate of drug-likeness (QED) is 0.456. The van der Waals surface area contributed by atoms with E-state index in [1.165, 1.54) is 0 Å². The monoisotopic (exact) mass is 432 g/mol. The molecule has 0 atom stereocenters. The van der Waals surface area contributed by atoms with E-state index >= 15 is 0 Å². The van der Waals surface area contributed by atoms with Gasteiger partial charge in [0, 0.05) is 37.6 Å². The highest BCUT2D eigenvalue weighted by atomic mass is 16.2. The molecule has 6 nitrogen and oxygen atoms in total. The zero-order chi connectivity index (χ0) is 23.7. The maximum Gasteiger partial charge on any atom is 0.321 e. The first-order chi connectivity index (χ1) is 14.4. The van der Waals surface area contributed by atoms with Gasteiger partial charge in [-0.3, -0.25) is 0 Å². The molecule has 176 valence electrons. The predicted octanol–water partition coefficient (Wildman–Crippen LogP) is 6.29. The molecule has 6 heteroatoms. The van der Waals surface area contributed by atoms with Crippen molar-refractivity contribution in [2.75, 3.05) is 36.8 Å². The van der Waals surface area contributed by atoms with Crippen molar-refractivity contribution in [3.63, 3.8) is 0 Å². The fourth-order valence-electron chi connectivity index (χ4n) is 3.48.